The Kier molecular flexibility index (Phi) is 6.35. The Morgan fingerprint density at radius 1 is 1.07 bits per heavy atom. The number of amides is 2. The second-order valence-electron chi connectivity index (χ2n) is 6.93. The van der Waals surface area contributed by atoms with E-state index >= 15 is 0 Å². The van der Waals surface area contributed by atoms with Crippen LogP contribution < -0.4 is 10.6 Å². The van der Waals surface area contributed by atoms with Crippen LogP contribution in [0.25, 0.3) is 0 Å². The van der Waals surface area contributed by atoms with E-state index in [1.165, 1.54) is 0 Å². The predicted octanol–water partition coefficient (Wildman–Crippen LogP) is 4.26. The molecule has 1 aliphatic heterocycles. The van der Waals surface area contributed by atoms with Crippen LogP contribution in [0.15, 0.2) is 48.5 Å². The van der Waals surface area contributed by atoms with Crippen molar-refractivity contribution in [2.24, 2.45) is 5.92 Å². The molecule has 1 heterocycles. The molecule has 2 N–H and O–H groups in total. The molecular weight excluding hydrogens is 362 g/mol. The van der Waals surface area contributed by atoms with Gasteiger partial charge in [0.2, 0.25) is 5.91 Å². The fourth-order valence-corrected chi connectivity index (χ4v) is 3.28. The molecule has 2 amide bonds. The number of nitrogens with zero attached hydrogens (tertiary/aromatic N) is 1. The molecule has 0 radical (unpaired) electrons. The van der Waals surface area contributed by atoms with Crippen LogP contribution in [0.5, 0.6) is 0 Å². The third kappa shape index (κ3) is 5.23. The monoisotopic (exact) mass is 385 g/mol. The van der Waals surface area contributed by atoms with Crippen LogP contribution >= 0.6 is 11.6 Å². The molecule has 0 saturated carbocycles. The lowest BCUT2D eigenvalue weighted by atomic mass is 9.98. The zero-order valence-corrected chi connectivity index (χ0v) is 16.1. The standard InChI is InChI=1S/C21H24ClN3O2/c1-15-10-12-25(13-11-15)21(27)16-6-8-17(9-7-16)24-20(26)14-23-19-5-3-2-4-18(19)22/h2-9,15,23H,10-14H2,1H3,(H,24,26). The van der Waals surface area contributed by atoms with Crippen LogP contribution in [0.3, 0.4) is 0 Å². The summed E-state index contributed by atoms with van der Waals surface area (Å²) < 4.78 is 0. The van der Waals surface area contributed by atoms with Gasteiger partial charge in [0.25, 0.3) is 5.91 Å². The molecule has 2 aromatic carbocycles. The molecule has 1 fully saturated rings. The van der Waals surface area contributed by atoms with Crippen molar-refractivity contribution in [3.05, 3.63) is 59.1 Å². The Bertz CT molecular complexity index is 799. The number of halogens is 1. The number of benzene rings is 2. The summed E-state index contributed by atoms with van der Waals surface area (Å²) >= 11 is 6.06. The van der Waals surface area contributed by atoms with Crippen molar-refractivity contribution >= 4 is 34.8 Å². The van der Waals surface area contributed by atoms with E-state index in [1.54, 1.807) is 30.3 Å². The fraction of sp³-hybridized carbons (Fsp3) is 0.333. The molecule has 1 saturated heterocycles. The van der Waals surface area contributed by atoms with Gasteiger partial charge in [0.15, 0.2) is 0 Å². The van der Waals surface area contributed by atoms with Gasteiger partial charge in [0.1, 0.15) is 0 Å². The fourth-order valence-electron chi connectivity index (χ4n) is 3.08. The van der Waals surface area contributed by atoms with Crippen LogP contribution in [-0.2, 0) is 4.79 Å². The molecule has 0 atom stereocenters. The van der Waals surface area contributed by atoms with Crippen LogP contribution in [0.1, 0.15) is 30.1 Å². The lowest BCUT2D eigenvalue weighted by molar-refractivity contribution is -0.114. The number of rotatable bonds is 5. The van der Waals surface area contributed by atoms with Gasteiger partial charge in [-0.05, 0) is 55.2 Å². The van der Waals surface area contributed by atoms with Crippen molar-refractivity contribution in [3.63, 3.8) is 0 Å². The predicted molar refractivity (Wildman–Crippen MR) is 109 cm³/mol. The lowest BCUT2D eigenvalue weighted by Gasteiger charge is -2.30. The number of carbonyl (C=O) groups is 2. The molecule has 0 unspecified atom stereocenters. The molecule has 5 nitrogen and oxygen atoms in total. The maximum Gasteiger partial charge on any atom is 0.253 e. The minimum absolute atomic E-state index is 0.0557. The van der Waals surface area contributed by atoms with Gasteiger partial charge in [-0.1, -0.05) is 30.7 Å². The first-order valence-electron chi connectivity index (χ1n) is 9.20. The number of hydrogen-bond donors (Lipinski definition) is 2. The molecular formula is C21H24ClN3O2. The summed E-state index contributed by atoms with van der Waals surface area (Å²) in [6.45, 7) is 3.95. The Morgan fingerprint density at radius 2 is 1.74 bits per heavy atom. The first-order chi connectivity index (χ1) is 13.0. The van der Waals surface area contributed by atoms with Crippen molar-refractivity contribution < 1.29 is 9.59 Å². The molecule has 6 heteroatoms. The highest BCUT2D eigenvalue weighted by Crippen LogP contribution is 2.21. The Labute approximate surface area is 164 Å². The third-order valence-corrected chi connectivity index (χ3v) is 5.13. The van der Waals surface area contributed by atoms with E-state index in [0.717, 1.165) is 25.9 Å². The number of carbonyl (C=O) groups excluding carboxylic acids is 2. The zero-order chi connectivity index (χ0) is 19.2. The quantitative estimate of drug-likeness (QED) is 0.808. The molecule has 1 aliphatic rings. The topological polar surface area (TPSA) is 61.4 Å². The number of anilines is 2. The largest absolute Gasteiger partial charge is 0.375 e. The normalized spacial score (nSPS) is 14.7. The first-order valence-corrected chi connectivity index (χ1v) is 9.58. The van der Waals surface area contributed by atoms with Gasteiger partial charge in [0.05, 0.1) is 17.3 Å². The number of likely N-dealkylation sites (tertiary alicyclic amines) is 1. The summed E-state index contributed by atoms with van der Waals surface area (Å²) in [7, 11) is 0. The summed E-state index contributed by atoms with van der Waals surface area (Å²) in [5.74, 6) is 0.560. The average Bonchev–Trinajstić information content (AvgIpc) is 2.68. The van der Waals surface area contributed by atoms with Gasteiger partial charge in [-0.2, -0.15) is 0 Å². The second kappa shape index (κ2) is 8.91. The molecule has 2 aromatic rings. The summed E-state index contributed by atoms with van der Waals surface area (Å²) in [6, 6.07) is 14.3. The molecule has 142 valence electrons. The minimum Gasteiger partial charge on any atom is -0.375 e. The van der Waals surface area contributed by atoms with Gasteiger partial charge in [-0.3, -0.25) is 9.59 Å². The Balaban J connectivity index is 1.52. The van der Waals surface area contributed by atoms with Crippen LogP contribution in [-0.4, -0.2) is 36.3 Å². The maximum absolute atomic E-state index is 12.5. The molecule has 27 heavy (non-hydrogen) atoms. The van der Waals surface area contributed by atoms with Crippen LogP contribution in [0.2, 0.25) is 5.02 Å². The molecule has 0 aliphatic carbocycles. The number of para-hydroxylation sites is 1. The van der Waals surface area contributed by atoms with E-state index in [0.29, 0.717) is 27.9 Å². The molecule has 0 aromatic heterocycles. The van der Waals surface area contributed by atoms with Crippen molar-refractivity contribution in [2.75, 3.05) is 30.3 Å². The maximum atomic E-state index is 12.5. The SMILES string of the molecule is CC1CCN(C(=O)c2ccc(NC(=O)CNc3ccccc3Cl)cc2)CC1. The van der Waals surface area contributed by atoms with E-state index in [-0.39, 0.29) is 18.4 Å². The van der Waals surface area contributed by atoms with E-state index < -0.39 is 0 Å². The van der Waals surface area contributed by atoms with Gasteiger partial charge in [0, 0.05) is 24.3 Å². The molecule has 0 spiro atoms. The van der Waals surface area contributed by atoms with E-state index in [9.17, 15) is 9.59 Å². The van der Waals surface area contributed by atoms with Crippen molar-refractivity contribution in [1.82, 2.24) is 4.90 Å². The Hall–Kier alpha value is -2.53. The highest BCUT2D eigenvalue weighted by Gasteiger charge is 2.21. The molecule has 0 bridgehead atoms. The van der Waals surface area contributed by atoms with Crippen molar-refractivity contribution in [1.29, 1.82) is 0 Å². The first kappa shape index (κ1) is 19.2. The van der Waals surface area contributed by atoms with E-state index in [4.69, 9.17) is 11.6 Å². The van der Waals surface area contributed by atoms with Gasteiger partial charge < -0.3 is 15.5 Å². The van der Waals surface area contributed by atoms with Crippen molar-refractivity contribution in [3.8, 4) is 0 Å². The second-order valence-corrected chi connectivity index (χ2v) is 7.34. The van der Waals surface area contributed by atoms with E-state index in [2.05, 4.69) is 17.6 Å². The van der Waals surface area contributed by atoms with Crippen LogP contribution in [0, 0.1) is 5.92 Å². The minimum atomic E-state index is -0.181. The number of nitrogens with one attached hydrogen (secondary N) is 2. The lowest BCUT2D eigenvalue weighted by Crippen LogP contribution is -2.37. The van der Waals surface area contributed by atoms with Gasteiger partial charge in [-0.15, -0.1) is 0 Å². The zero-order valence-electron chi connectivity index (χ0n) is 15.4. The van der Waals surface area contributed by atoms with Gasteiger partial charge >= 0.3 is 0 Å². The Morgan fingerprint density at radius 3 is 2.41 bits per heavy atom. The summed E-state index contributed by atoms with van der Waals surface area (Å²) in [5, 5.41) is 6.39. The summed E-state index contributed by atoms with van der Waals surface area (Å²) in [5.41, 5.74) is 2.02. The highest BCUT2D eigenvalue weighted by molar-refractivity contribution is 6.33. The number of hydrogen-bond acceptors (Lipinski definition) is 3. The summed E-state index contributed by atoms with van der Waals surface area (Å²) in [6.07, 6.45) is 2.11. The van der Waals surface area contributed by atoms with Gasteiger partial charge in [-0.25, -0.2) is 0 Å². The summed E-state index contributed by atoms with van der Waals surface area (Å²) in [4.78, 5) is 26.6. The van der Waals surface area contributed by atoms with Crippen LogP contribution in [0.4, 0.5) is 11.4 Å². The molecule has 3 rings (SSSR count). The highest BCUT2D eigenvalue weighted by atomic mass is 35.5. The van der Waals surface area contributed by atoms with Crippen molar-refractivity contribution in [2.45, 2.75) is 19.8 Å². The van der Waals surface area contributed by atoms with E-state index in [1.807, 2.05) is 23.1 Å². The average molecular weight is 386 g/mol. The third-order valence-electron chi connectivity index (χ3n) is 4.80. The smallest absolute Gasteiger partial charge is 0.253 e. The number of piperidine rings is 1.